The lowest BCUT2D eigenvalue weighted by molar-refractivity contribution is -0.123. The van der Waals surface area contributed by atoms with Gasteiger partial charge in [0.15, 0.2) is 0 Å². The third-order valence-electron chi connectivity index (χ3n) is 4.56. The molecule has 1 heterocycles. The van der Waals surface area contributed by atoms with Crippen molar-refractivity contribution in [2.75, 3.05) is 0 Å². The first kappa shape index (κ1) is 20.1. The third-order valence-corrected chi connectivity index (χ3v) is 5.18. The number of nitrogens with one attached hydrogen (secondary N) is 1. The molecule has 1 saturated heterocycles. The highest BCUT2D eigenvalue weighted by Gasteiger charge is 2.33. The van der Waals surface area contributed by atoms with Crippen LogP contribution in [0.5, 0.6) is 5.75 Å². The molecule has 1 aliphatic rings. The van der Waals surface area contributed by atoms with Crippen molar-refractivity contribution in [2.45, 2.75) is 39.8 Å². The van der Waals surface area contributed by atoms with Crippen molar-refractivity contribution in [2.24, 2.45) is 0 Å². The highest BCUT2D eigenvalue weighted by Crippen LogP contribution is 2.28. The van der Waals surface area contributed by atoms with Crippen LogP contribution in [-0.4, -0.2) is 22.9 Å². The highest BCUT2D eigenvalue weighted by atomic mass is 79.9. The van der Waals surface area contributed by atoms with Crippen LogP contribution < -0.4 is 10.1 Å². The minimum absolute atomic E-state index is 0.117. The molecular weight excluding hydrogens is 420 g/mol. The molecule has 28 heavy (non-hydrogen) atoms. The lowest BCUT2D eigenvalue weighted by atomic mass is 10.1. The molecule has 0 bridgehead atoms. The van der Waals surface area contributed by atoms with Gasteiger partial charge >= 0.3 is 6.03 Å². The van der Waals surface area contributed by atoms with Crippen molar-refractivity contribution in [3.8, 4) is 5.75 Å². The molecule has 1 N–H and O–H groups in total. The smallest absolute Gasteiger partial charge is 0.329 e. The Bertz CT molecular complexity index is 939. The van der Waals surface area contributed by atoms with Crippen molar-refractivity contribution >= 4 is 33.9 Å². The highest BCUT2D eigenvalue weighted by molar-refractivity contribution is 9.10. The third kappa shape index (κ3) is 4.62. The van der Waals surface area contributed by atoms with Crippen molar-refractivity contribution in [1.29, 1.82) is 0 Å². The van der Waals surface area contributed by atoms with E-state index in [0.717, 1.165) is 33.3 Å². The Morgan fingerprint density at radius 2 is 2.00 bits per heavy atom. The van der Waals surface area contributed by atoms with Crippen molar-refractivity contribution in [3.05, 3.63) is 69.3 Å². The van der Waals surface area contributed by atoms with E-state index in [1.165, 1.54) is 4.90 Å². The van der Waals surface area contributed by atoms with E-state index in [2.05, 4.69) is 28.2 Å². The van der Waals surface area contributed by atoms with Gasteiger partial charge in [-0.25, -0.2) is 4.79 Å². The molecule has 0 radical (unpaired) electrons. The topological polar surface area (TPSA) is 58.6 Å². The van der Waals surface area contributed by atoms with Crippen LogP contribution in [0.3, 0.4) is 0 Å². The summed E-state index contributed by atoms with van der Waals surface area (Å²) in [5.74, 6) is 0.418. The zero-order valence-electron chi connectivity index (χ0n) is 16.2. The van der Waals surface area contributed by atoms with Crippen LogP contribution in [0.2, 0.25) is 0 Å². The molecular formula is C22H23BrN2O3. The zero-order chi connectivity index (χ0) is 20.3. The van der Waals surface area contributed by atoms with Gasteiger partial charge < -0.3 is 10.1 Å². The van der Waals surface area contributed by atoms with Gasteiger partial charge in [-0.2, -0.15) is 0 Å². The number of rotatable bonds is 6. The van der Waals surface area contributed by atoms with Gasteiger partial charge in [-0.15, -0.1) is 0 Å². The van der Waals surface area contributed by atoms with Gasteiger partial charge in [-0.1, -0.05) is 42.8 Å². The van der Waals surface area contributed by atoms with E-state index in [0.29, 0.717) is 0 Å². The van der Waals surface area contributed by atoms with Gasteiger partial charge in [0.05, 0.1) is 17.1 Å². The van der Waals surface area contributed by atoms with E-state index in [-0.39, 0.29) is 24.3 Å². The summed E-state index contributed by atoms with van der Waals surface area (Å²) in [7, 11) is 0. The molecule has 5 nitrogen and oxygen atoms in total. The minimum atomic E-state index is -0.409. The maximum absolute atomic E-state index is 12.7. The molecule has 1 fully saturated rings. The average molecular weight is 443 g/mol. The number of amides is 3. The molecule has 0 unspecified atom stereocenters. The van der Waals surface area contributed by atoms with Crippen molar-refractivity contribution in [1.82, 2.24) is 10.2 Å². The Kier molecular flexibility index (Phi) is 6.19. The number of halogens is 1. The predicted molar refractivity (Wildman–Crippen MR) is 113 cm³/mol. The fourth-order valence-corrected chi connectivity index (χ4v) is 3.37. The number of urea groups is 1. The molecule has 1 atom stereocenters. The van der Waals surface area contributed by atoms with Gasteiger partial charge in [-0.05, 0) is 65.5 Å². The summed E-state index contributed by atoms with van der Waals surface area (Å²) in [5.41, 5.74) is 3.06. The van der Waals surface area contributed by atoms with Gasteiger partial charge in [0, 0.05) is 0 Å². The summed E-state index contributed by atoms with van der Waals surface area (Å²) in [6.07, 6.45) is 2.70. The first-order valence-corrected chi connectivity index (χ1v) is 10.0. The summed E-state index contributed by atoms with van der Waals surface area (Å²) < 4.78 is 6.64. The van der Waals surface area contributed by atoms with Crippen LogP contribution in [0, 0.1) is 6.92 Å². The number of hydrogen-bond acceptors (Lipinski definition) is 3. The number of aryl methyl sites for hydroxylation is 1. The predicted octanol–water partition coefficient (Wildman–Crippen LogP) is 5.03. The summed E-state index contributed by atoms with van der Waals surface area (Å²) in [5, 5.41) is 2.66. The fourth-order valence-electron chi connectivity index (χ4n) is 2.88. The molecule has 1 aliphatic heterocycles. The molecule has 3 amide bonds. The van der Waals surface area contributed by atoms with Crippen LogP contribution in [-0.2, 0) is 11.3 Å². The number of benzene rings is 2. The van der Waals surface area contributed by atoms with Gasteiger partial charge in [0.2, 0.25) is 0 Å². The molecule has 2 aromatic rings. The Labute approximate surface area is 173 Å². The Balaban J connectivity index is 1.77. The first-order chi connectivity index (χ1) is 13.4. The quantitative estimate of drug-likeness (QED) is 0.504. The van der Waals surface area contributed by atoms with E-state index in [9.17, 15) is 9.59 Å². The molecule has 0 aromatic heterocycles. The molecule has 0 aliphatic carbocycles. The Morgan fingerprint density at radius 1 is 1.21 bits per heavy atom. The fraction of sp³-hybridized carbons (Fsp3) is 0.273. The number of imide groups is 1. The van der Waals surface area contributed by atoms with Crippen molar-refractivity contribution in [3.63, 3.8) is 0 Å². The molecule has 2 aromatic carbocycles. The zero-order valence-corrected chi connectivity index (χ0v) is 17.7. The minimum Gasteiger partial charge on any atom is -0.490 e. The first-order valence-electron chi connectivity index (χ1n) is 9.23. The van der Waals surface area contributed by atoms with E-state index >= 15 is 0 Å². The summed E-state index contributed by atoms with van der Waals surface area (Å²) in [6, 6.07) is 12.9. The maximum Gasteiger partial charge on any atom is 0.329 e. The second-order valence-corrected chi connectivity index (χ2v) is 7.75. The monoisotopic (exact) mass is 442 g/mol. The van der Waals surface area contributed by atoms with Gasteiger partial charge in [0.25, 0.3) is 5.91 Å². The molecule has 3 rings (SSSR count). The van der Waals surface area contributed by atoms with Gasteiger partial charge in [-0.3, -0.25) is 9.69 Å². The normalized spacial score (nSPS) is 16.4. The number of ether oxygens (including phenoxy) is 1. The van der Waals surface area contributed by atoms with E-state index < -0.39 is 6.03 Å². The number of carbonyl (C=O) groups excluding carboxylic acids is 2. The van der Waals surface area contributed by atoms with Crippen LogP contribution in [0.4, 0.5) is 4.79 Å². The van der Waals surface area contributed by atoms with Gasteiger partial charge in [0.1, 0.15) is 11.4 Å². The number of carbonyl (C=O) groups is 2. The summed E-state index contributed by atoms with van der Waals surface area (Å²) in [6.45, 7) is 6.30. The molecule has 0 spiro atoms. The second-order valence-electron chi connectivity index (χ2n) is 6.90. The number of hydrogen-bond donors (Lipinski definition) is 1. The standard InChI is InChI=1S/C22H23BrN2O3/c1-4-15(3)28-20-9-8-16(11-18(20)23)12-19-21(26)25(22(27)24-19)13-17-7-5-6-14(2)10-17/h5-12,15H,4,13H2,1-3H3,(H,24,27)/b19-12+/t15-/m1/s1. The second kappa shape index (κ2) is 8.61. The van der Waals surface area contributed by atoms with Crippen LogP contribution >= 0.6 is 15.9 Å². The number of nitrogens with zero attached hydrogens (tertiary/aromatic N) is 1. The van der Waals surface area contributed by atoms with Crippen molar-refractivity contribution < 1.29 is 14.3 Å². The van der Waals surface area contributed by atoms with E-state index in [1.807, 2.05) is 56.3 Å². The Morgan fingerprint density at radius 3 is 2.68 bits per heavy atom. The van der Waals surface area contributed by atoms with E-state index in [1.54, 1.807) is 6.08 Å². The maximum atomic E-state index is 12.7. The SMILES string of the molecule is CC[C@@H](C)Oc1ccc(/C=C2/NC(=O)N(Cc3cccc(C)c3)C2=O)cc1Br. The molecule has 146 valence electrons. The lowest BCUT2D eigenvalue weighted by Crippen LogP contribution is -2.30. The van der Waals surface area contributed by atoms with E-state index in [4.69, 9.17) is 4.74 Å². The summed E-state index contributed by atoms with van der Waals surface area (Å²) >= 11 is 3.51. The largest absolute Gasteiger partial charge is 0.490 e. The average Bonchev–Trinajstić information content (AvgIpc) is 2.91. The Hall–Kier alpha value is -2.60. The molecule has 6 heteroatoms. The van der Waals surface area contributed by atoms with Crippen LogP contribution in [0.15, 0.2) is 52.6 Å². The molecule has 0 saturated carbocycles. The van der Waals surface area contributed by atoms with Crippen LogP contribution in [0.1, 0.15) is 37.0 Å². The lowest BCUT2D eigenvalue weighted by Gasteiger charge is -2.14. The summed E-state index contributed by atoms with van der Waals surface area (Å²) in [4.78, 5) is 26.2. The van der Waals surface area contributed by atoms with Crippen LogP contribution in [0.25, 0.3) is 6.08 Å².